The van der Waals surface area contributed by atoms with Crippen molar-refractivity contribution in [3.05, 3.63) is 35.2 Å². The van der Waals surface area contributed by atoms with E-state index in [4.69, 9.17) is 0 Å². The minimum absolute atomic E-state index is 0.470. The van der Waals surface area contributed by atoms with Gasteiger partial charge in [-0.25, -0.2) is 0 Å². The van der Waals surface area contributed by atoms with Crippen LogP contribution in [0.3, 0.4) is 0 Å². The van der Waals surface area contributed by atoms with Crippen LogP contribution in [0, 0.1) is 5.92 Å². The molecule has 0 radical (unpaired) electrons. The number of fused-ring (bicyclic) bond motifs is 4. The molecule has 1 aromatic carbocycles. The Bertz CT molecular complexity index is 565. The smallest absolute Gasteiger partial charge is 0.0389 e. The number of nitrogens with one attached hydrogen (secondary N) is 1. The van der Waals surface area contributed by atoms with Gasteiger partial charge >= 0.3 is 0 Å². The van der Waals surface area contributed by atoms with Gasteiger partial charge in [0.05, 0.1) is 0 Å². The first kappa shape index (κ1) is 12.8. The molecule has 0 aliphatic carbocycles. The first-order chi connectivity index (χ1) is 9.79. The monoisotopic (exact) mass is 286 g/mol. The Morgan fingerprint density at radius 1 is 1.25 bits per heavy atom. The zero-order chi connectivity index (χ0) is 13.5. The quantitative estimate of drug-likeness (QED) is 0.926. The highest BCUT2D eigenvalue weighted by atomic mass is 32.1. The molecule has 3 heteroatoms. The summed E-state index contributed by atoms with van der Waals surface area (Å²) in [7, 11) is 0. The maximum atomic E-state index is 3.90. The molecule has 3 saturated heterocycles. The molecule has 2 nitrogen and oxygen atoms in total. The van der Waals surface area contributed by atoms with Crippen LogP contribution in [-0.2, 0) is 0 Å². The van der Waals surface area contributed by atoms with Crippen LogP contribution in [0.4, 0.5) is 0 Å². The molecule has 2 aromatic rings. The van der Waals surface area contributed by atoms with Gasteiger partial charge in [0.1, 0.15) is 0 Å². The second-order valence-electron chi connectivity index (χ2n) is 6.32. The summed E-state index contributed by atoms with van der Waals surface area (Å²) < 4.78 is 1.41. The maximum Gasteiger partial charge on any atom is 0.0389 e. The number of thiophene rings is 1. The predicted octanol–water partition coefficient (Wildman–Crippen LogP) is 3.65. The van der Waals surface area contributed by atoms with Crippen molar-refractivity contribution in [2.75, 3.05) is 19.6 Å². The van der Waals surface area contributed by atoms with Crippen LogP contribution in [-0.4, -0.2) is 30.6 Å². The lowest BCUT2D eigenvalue weighted by atomic mass is 9.83. The Balaban J connectivity index is 1.51. The first-order valence-corrected chi connectivity index (χ1v) is 8.58. The topological polar surface area (TPSA) is 15.3 Å². The SMILES string of the molecule is CC(NC1CN2CCC1CC2)c1cc2ccccc2s1. The van der Waals surface area contributed by atoms with E-state index in [1.54, 1.807) is 0 Å². The van der Waals surface area contributed by atoms with Gasteiger partial charge in [-0.05, 0) is 56.3 Å². The van der Waals surface area contributed by atoms with Gasteiger partial charge in [-0.15, -0.1) is 11.3 Å². The van der Waals surface area contributed by atoms with E-state index in [-0.39, 0.29) is 0 Å². The molecule has 0 amide bonds. The Hall–Kier alpha value is -0.900. The minimum atomic E-state index is 0.470. The Kier molecular flexibility index (Phi) is 3.29. The van der Waals surface area contributed by atoms with Crippen LogP contribution in [0.15, 0.2) is 30.3 Å². The van der Waals surface area contributed by atoms with Gasteiger partial charge in [0.25, 0.3) is 0 Å². The molecule has 106 valence electrons. The van der Waals surface area contributed by atoms with Crippen molar-refractivity contribution in [2.45, 2.75) is 31.8 Å². The van der Waals surface area contributed by atoms with Gasteiger partial charge < -0.3 is 10.2 Å². The fourth-order valence-electron chi connectivity index (χ4n) is 3.77. The van der Waals surface area contributed by atoms with Crippen LogP contribution < -0.4 is 5.32 Å². The normalized spacial score (nSPS) is 30.8. The molecule has 3 fully saturated rings. The third kappa shape index (κ3) is 2.28. The molecule has 1 N–H and O–H groups in total. The molecule has 2 unspecified atom stereocenters. The van der Waals surface area contributed by atoms with Gasteiger partial charge in [0, 0.05) is 28.2 Å². The minimum Gasteiger partial charge on any atom is -0.305 e. The van der Waals surface area contributed by atoms with E-state index < -0.39 is 0 Å². The Morgan fingerprint density at radius 3 is 2.75 bits per heavy atom. The van der Waals surface area contributed by atoms with Crippen molar-refractivity contribution in [1.82, 2.24) is 10.2 Å². The zero-order valence-electron chi connectivity index (χ0n) is 12.0. The number of benzene rings is 1. The lowest BCUT2D eigenvalue weighted by molar-refractivity contribution is 0.0682. The molecular weight excluding hydrogens is 264 g/mol. The van der Waals surface area contributed by atoms with E-state index >= 15 is 0 Å². The van der Waals surface area contributed by atoms with Gasteiger partial charge in [-0.1, -0.05) is 18.2 Å². The fourth-order valence-corrected chi connectivity index (χ4v) is 4.85. The summed E-state index contributed by atoms with van der Waals surface area (Å²) in [5.74, 6) is 0.900. The van der Waals surface area contributed by atoms with Gasteiger partial charge in [0.15, 0.2) is 0 Å². The number of hydrogen-bond acceptors (Lipinski definition) is 3. The third-order valence-electron chi connectivity index (χ3n) is 4.99. The molecule has 0 saturated carbocycles. The summed E-state index contributed by atoms with van der Waals surface area (Å²) in [5, 5.41) is 5.28. The van der Waals surface area contributed by atoms with E-state index in [1.165, 1.54) is 47.4 Å². The fraction of sp³-hybridized carbons (Fsp3) is 0.529. The van der Waals surface area contributed by atoms with Crippen molar-refractivity contribution in [3.8, 4) is 0 Å². The van der Waals surface area contributed by atoms with E-state index in [1.807, 2.05) is 11.3 Å². The summed E-state index contributed by atoms with van der Waals surface area (Å²) in [5.41, 5.74) is 0. The van der Waals surface area contributed by atoms with Gasteiger partial charge in [0.2, 0.25) is 0 Å². The molecule has 4 heterocycles. The van der Waals surface area contributed by atoms with E-state index in [0.717, 1.165) is 5.92 Å². The van der Waals surface area contributed by atoms with Crippen molar-refractivity contribution in [1.29, 1.82) is 0 Å². The largest absolute Gasteiger partial charge is 0.305 e. The molecule has 0 spiro atoms. The highest BCUT2D eigenvalue weighted by Crippen LogP contribution is 2.32. The van der Waals surface area contributed by atoms with Crippen molar-refractivity contribution >= 4 is 21.4 Å². The van der Waals surface area contributed by atoms with Crippen LogP contribution in [0.5, 0.6) is 0 Å². The highest BCUT2D eigenvalue weighted by Gasteiger charge is 2.34. The number of hydrogen-bond donors (Lipinski definition) is 1. The van der Waals surface area contributed by atoms with E-state index in [0.29, 0.717) is 12.1 Å². The number of piperidine rings is 3. The lowest BCUT2D eigenvalue weighted by Crippen LogP contribution is -2.56. The zero-order valence-corrected chi connectivity index (χ0v) is 12.8. The third-order valence-corrected chi connectivity index (χ3v) is 6.29. The Labute approximate surface area is 124 Å². The van der Waals surface area contributed by atoms with Gasteiger partial charge in [-0.3, -0.25) is 0 Å². The molecule has 5 rings (SSSR count). The van der Waals surface area contributed by atoms with Crippen LogP contribution >= 0.6 is 11.3 Å². The molecule has 1 aromatic heterocycles. The van der Waals surface area contributed by atoms with Crippen molar-refractivity contribution in [3.63, 3.8) is 0 Å². The Morgan fingerprint density at radius 2 is 2.05 bits per heavy atom. The molecule has 2 atom stereocenters. The van der Waals surface area contributed by atoms with Crippen molar-refractivity contribution in [2.24, 2.45) is 5.92 Å². The average Bonchev–Trinajstić information content (AvgIpc) is 2.92. The van der Waals surface area contributed by atoms with Crippen LogP contribution in [0.25, 0.3) is 10.1 Å². The van der Waals surface area contributed by atoms with E-state index in [2.05, 4.69) is 47.5 Å². The molecule has 20 heavy (non-hydrogen) atoms. The van der Waals surface area contributed by atoms with Gasteiger partial charge in [-0.2, -0.15) is 0 Å². The second-order valence-corrected chi connectivity index (χ2v) is 7.43. The number of nitrogens with zero attached hydrogens (tertiary/aromatic N) is 1. The molecule has 3 aliphatic heterocycles. The van der Waals surface area contributed by atoms with Crippen LogP contribution in [0.1, 0.15) is 30.7 Å². The summed E-state index contributed by atoms with van der Waals surface area (Å²) in [4.78, 5) is 4.10. The lowest BCUT2D eigenvalue weighted by Gasteiger charge is -2.46. The standard InChI is InChI=1S/C17H22N2S/c1-12(17-10-14-4-2-3-5-16(14)20-17)18-15-11-19-8-6-13(15)7-9-19/h2-5,10,12-13,15,18H,6-9,11H2,1H3. The summed E-state index contributed by atoms with van der Waals surface area (Å²) in [6.07, 6.45) is 2.77. The summed E-state index contributed by atoms with van der Waals surface area (Å²) in [6.45, 7) is 6.21. The summed E-state index contributed by atoms with van der Waals surface area (Å²) >= 11 is 1.94. The molecule has 2 bridgehead atoms. The molecular formula is C17H22N2S. The van der Waals surface area contributed by atoms with Crippen LogP contribution in [0.2, 0.25) is 0 Å². The molecule has 3 aliphatic rings. The average molecular weight is 286 g/mol. The maximum absolute atomic E-state index is 3.90. The summed E-state index contributed by atoms with van der Waals surface area (Å²) in [6, 6.07) is 12.2. The highest BCUT2D eigenvalue weighted by molar-refractivity contribution is 7.19. The van der Waals surface area contributed by atoms with E-state index in [9.17, 15) is 0 Å². The van der Waals surface area contributed by atoms with Crippen molar-refractivity contribution < 1.29 is 0 Å². The second kappa shape index (κ2) is 5.14. The first-order valence-electron chi connectivity index (χ1n) is 7.76. The number of rotatable bonds is 3. The predicted molar refractivity (Wildman–Crippen MR) is 86.3 cm³/mol.